The first-order valence-electron chi connectivity index (χ1n) is 6.64. The van der Waals surface area contributed by atoms with Crippen molar-refractivity contribution in [3.05, 3.63) is 69.7 Å². The van der Waals surface area contributed by atoms with Crippen LogP contribution in [0.15, 0.2) is 36.4 Å². The summed E-state index contributed by atoms with van der Waals surface area (Å²) in [7, 11) is 0. The number of benzene rings is 2. The number of rotatable bonds is 5. The molecule has 0 saturated heterocycles. The topological polar surface area (TPSA) is 38.0 Å². The smallest absolute Gasteiger partial charge is 0.124 e. The van der Waals surface area contributed by atoms with Crippen LogP contribution in [-0.4, -0.2) is 6.04 Å². The molecule has 0 amide bonds. The van der Waals surface area contributed by atoms with Crippen molar-refractivity contribution in [3.8, 4) is 0 Å². The highest BCUT2D eigenvalue weighted by atomic mass is 35.5. The Labute approximate surface area is 127 Å². The van der Waals surface area contributed by atoms with Crippen molar-refractivity contribution in [2.45, 2.75) is 25.8 Å². The van der Waals surface area contributed by atoms with Crippen molar-refractivity contribution in [1.29, 1.82) is 0 Å². The largest absolute Gasteiger partial charge is 0.271 e. The van der Waals surface area contributed by atoms with E-state index in [1.807, 2.05) is 6.92 Å². The number of hydrazine groups is 1. The zero-order valence-electron chi connectivity index (χ0n) is 11.7. The molecular weight excluding hydrogens is 294 g/mol. The Morgan fingerprint density at radius 2 is 1.67 bits per heavy atom. The number of nitrogens with two attached hydrogens (primary N) is 1. The summed E-state index contributed by atoms with van der Waals surface area (Å²) in [5.41, 5.74) is 5.40. The van der Waals surface area contributed by atoms with E-state index < -0.39 is 0 Å². The van der Waals surface area contributed by atoms with Crippen molar-refractivity contribution in [2.75, 3.05) is 0 Å². The molecule has 0 aromatic heterocycles. The average Bonchev–Trinajstić information content (AvgIpc) is 2.44. The van der Waals surface area contributed by atoms with Crippen molar-refractivity contribution in [2.24, 2.45) is 5.84 Å². The molecule has 112 valence electrons. The summed E-state index contributed by atoms with van der Waals surface area (Å²) >= 11 is 6.02. The van der Waals surface area contributed by atoms with Crippen molar-refractivity contribution >= 4 is 11.6 Å². The van der Waals surface area contributed by atoms with Crippen LogP contribution in [0, 0.1) is 18.6 Å². The molecule has 0 saturated carbocycles. The average molecular weight is 311 g/mol. The number of nitrogens with one attached hydrogen (secondary N) is 1. The number of aryl methyl sites for hydroxylation is 1. The van der Waals surface area contributed by atoms with E-state index in [0.29, 0.717) is 17.9 Å². The summed E-state index contributed by atoms with van der Waals surface area (Å²) in [5.74, 6) is 4.93. The highest BCUT2D eigenvalue weighted by Crippen LogP contribution is 2.20. The van der Waals surface area contributed by atoms with Gasteiger partial charge in [-0.2, -0.15) is 0 Å². The third-order valence-corrected chi connectivity index (χ3v) is 3.85. The number of halogens is 3. The summed E-state index contributed by atoms with van der Waals surface area (Å²) in [6.45, 7) is 1.92. The summed E-state index contributed by atoms with van der Waals surface area (Å²) in [4.78, 5) is 0. The Morgan fingerprint density at radius 1 is 1.05 bits per heavy atom. The van der Waals surface area contributed by atoms with Gasteiger partial charge in [0, 0.05) is 11.1 Å². The van der Waals surface area contributed by atoms with E-state index in [4.69, 9.17) is 17.4 Å². The van der Waals surface area contributed by atoms with Gasteiger partial charge in [-0.05, 0) is 60.7 Å². The summed E-state index contributed by atoms with van der Waals surface area (Å²) in [5, 5.41) is 0.367. The lowest BCUT2D eigenvalue weighted by atomic mass is 9.96. The van der Waals surface area contributed by atoms with Gasteiger partial charge in [0.05, 0.1) is 0 Å². The van der Waals surface area contributed by atoms with Gasteiger partial charge in [-0.25, -0.2) is 8.78 Å². The Morgan fingerprint density at radius 3 is 2.33 bits per heavy atom. The van der Waals surface area contributed by atoms with Crippen LogP contribution in [0.5, 0.6) is 0 Å². The van der Waals surface area contributed by atoms with Crippen LogP contribution in [0.2, 0.25) is 5.02 Å². The Hall–Kier alpha value is -1.49. The fourth-order valence-corrected chi connectivity index (χ4v) is 2.51. The van der Waals surface area contributed by atoms with Gasteiger partial charge in [0.1, 0.15) is 11.6 Å². The first kappa shape index (κ1) is 15.9. The number of hydrogen-bond donors (Lipinski definition) is 2. The van der Waals surface area contributed by atoms with Crippen LogP contribution in [0.3, 0.4) is 0 Å². The molecule has 1 atom stereocenters. The molecule has 3 N–H and O–H groups in total. The molecule has 2 aromatic carbocycles. The lowest BCUT2D eigenvalue weighted by molar-refractivity contribution is 0.519. The predicted molar refractivity (Wildman–Crippen MR) is 81.1 cm³/mol. The first-order valence-corrected chi connectivity index (χ1v) is 7.02. The SMILES string of the molecule is Cc1ccc(F)cc1CC(Cc1ccc(F)cc1Cl)NN. The Balaban J connectivity index is 2.14. The van der Waals surface area contributed by atoms with Crippen LogP contribution in [0.25, 0.3) is 0 Å². The maximum Gasteiger partial charge on any atom is 0.124 e. The van der Waals surface area contributed by atoms with E-state index in [0.717, 1.165) is 16.7 Å². The zero-order chi connectivity index (χ0) is 15.4. The molecule has 0 aliphatic carbocycles. The maximum atomic E-state index is 13.3. The highest BCUT2D eigenvalue weighted by Gasteiger charge is 2.13. The molecule has 0 aliphatic heterocycles. The molecule has 2 aromatic rings. The first-order chi connectivity index (χ1) is 9.99. The van der Waals surface area contributed by atoms with Crippen molar-refractivity contribution in [3.63, 3.8) is 0 Å². The monoisotopic (exact) mass is 310 g/mol. The van der Waals surface area contributed by atoms with E-state index in [1.54, 1.807) is 12.1 Å². The fourth-order valence-electron chi connectivity index (χ4n) is 2.27. The van der Waals surface area contributed by atoms with Gasteiger partial charge in [0.15, 0.2) is 0 Å². The van der Waals surface area contributed by atoms with E-state index in [2.05, 4.69) is 5.43 Å². The van der Waals surface area contributed by atoms with E-state index in [-0.39, 0.29) is 17.7 Å². The normalized spacial score (nSPS) is 12.4. The zero-order valence-corrected chi connectivity index (χ0v) is 12.4. The molecule has 5 heteroatoms. The molecule has 0 radical (unpaired) electrons. The summed E-state index contributed by atoms with van der Waals surface area (Å²) in [6, 6.07) is 8.84. The number of hydrogen-bond acceptors (Lipinski definition) is 2. The van der Waals surface area contributed by atoms with Gasteiger partial charge in [0.2, 0.25) is 0 Å². The summed E-state index contributed by atoms with van der Waals surface area (Å²) in [6.07, 6.45) is 1.10. The van der Waals surface area contributed by atoms with E-state index in [9.17, 15) is 8.78 Å². The summed E-state index contributed by atoms with van der Waals surface area (Å²) < 4.78 is 26.4. The lowest BCUT2D eigenvalue weighted by Gasteiger charge is -2.18. The minimum Gasteiger partial charge on any atom is -0.271 e. The maximum absolute atomic E-state index is 13.3. The Bertz CT molecular complexity index is 632. The van der Waals surface area contributed by atoms with E-state index in [1.165, 1.54) is 24.3 Å². The standard InChI is InChI=1S/C16H17ClF2N2/c1-10-2-4-13(18)6-12(10)8-15(21-20)7-11-3-5-14(19)9-16(11)17/h2-6,9,15,21H,7-8,20H2,1H3. The van der Waals surface area contributed by atoms with Crippen LogP contribution >= 0.6 is 11.6 Å². The highest BCUT2D eigenvalue weighted by molar-refractivity contribution is 6.31. The molecule has 2 nitrogen and oxygen atoms in total. The molecule has 2 rings (SSSR count). The second-order valence-electron chi connectivity index (χ2n) is 5.08. The minimum atomic E-state index is -0.373. The van der Waals surface area contributed by atoms with Crippen LogP contribution in [-0.2, 0) is 12.8 Å². The molecule has 0 aliphatic rings. The molecule has 0 bridgehead atoms. The third-order valence-electron chi connectivity index (χ3n) is 3.49. The minimum absolute atomic E-state index is 0.117. The quantitative estimate of drug-likeness (QED) is 0.655. The van der Waals surface area contributed by atoms with E-state index >= 15 is 0 Å². The lowest BCUT2D eigenvalue weighted by Crippen LogP contribution is -2.38. The van der Waals surface area contributed by atoms with Crippen LogP contribution in [0.1, 0.15) is 16.7 Å². The van der Waals surface area contributed by atoms with Gasteiger partial charge in [0.25, 0.3) is 0 Å². The van der Waals surface area contributed by atoms with Gasteiger partial charge in [-0.1, -0.05) is 23.7 Å². The molecule has 0 spiro atoms. The Kier molecular flexibility index (Phi) is 5.28. The van der Waals surface area contributed by atoms with Crippen molar-refractivity contribution < 1.29 is 8.78 Å². The second-order valence-corrected chi connectivity index (χ2v) is 5.49. The second kappa shape index (κ2) is 6.98. The molecular formula is C16H17ClF2N2. The van der Waals surface area contributed by atoms with Gasteiger partial charge in [-0.15, -0.1) is 0 Å². The molecule has 0 fully saturated rings. The molecule has 1 unspecified atom stereocenters. The molecule has 0 heterocycles. The van der Waals surface area contributed by atoms with Crippen LogP contribution < -0.4 is 11.3 Å². The third kappa shape index (κ3) is 4.24. The van der Waals surface area contributed by atoms with Crippen LogP contribution in [0.4, 0.5) is 8.78 Å². The fraction of sp³-hybridized carbons (Fsp3) is 0.250. The van der Waals surface area contributed by atoms with Gasteiger partial charge >= 0.3 is 0 Å². The van der Waals surface area contributed by atoms with Gasteiger partial charge in [-0.3, -0.25) is 11.3 Å². The molecule has 21 heavy (non-hydrogen) atoms. The predicted octanol–water partition coefficient (Wildman–Crippen LogP) is 3.54. The van der Waals surface area contributed by atoms with Crippen molar-refractivity contribution in [1.82, 2.24) is 5.43 Å². The van der Waals surface area contributed by atoms with Gasteiger partial charge < -0.3 is 0 Å².